The van der Waals surface area contributed by atoms with Crippen LogP contribution in [0.4, 0.5) is 5.69 Å². The quantitative estimate of drug-likeness (QED) is 0.610. The number of carbonyl (C=O) groups is 1. The molecule has 0 radical (unpaired) electrons. The van der Waals surface area contributed by atoms with Crippen molar-refractivity contribution < 1.29 is 9.53 Å². The Labute approximate surface area is 114 Å². The van der Waals surface area contributed by atoms with Crippen molar-refractivity contribution in [1.29, 1.82) is 0 Å². The van der Waals surface area contributed by atoms with Gasteiger partial charge in [-0.1, -0.05) is 0 Å². The molecule has 102 valence electrons. The van der Waals surface area contributed by atoms with Crippen molar-refractivity contribution in [3.05, 3.63) is 42.1 Å². The van der Waals surface area contributed by atoms with Gasteiger partial charge in [0.2, 0.25) is 0 Å². The number of rotatable bonds is 4. The molecule has 1 fully saturated rings. The molecule has 0 aliphatic carbocycles. The van der Waals surface area contributed by atoms with Crippen molar-refractivity contribution >= 4 is 11.5 Å². The molecule has 1 aliphatic heterocycles. The largest absolute Gasteiger partial charge is 0.383 e. The number of allylic oxidation sites excluding steroid dienone is 1. The minimum Gasteiger partial charge on any atom is -0.383 e. The van der Waals surface area contributed by atoms with Crippen LogP contribution < -0.4 is 4.90 Å². The second-order valence-corrected chi connectivity index (χ2v) is 4.79. The van der Waals surface area contributed by atoms with E-state index in [0.29, 0.717) is 0 Å². The van der Waals surface area contributed by atoms with Crippen LogP contribution in [-0.2, 0) is 4.74 Å². The number of nitrogens with zero attached hydrogens (tertiary/aromatic N) is 2. The Bertz CT molecular complexity index is 446. The highest BCUT2D eigenvalue weighted by Gasteiger charge is 2.11. The number of benzene rings is 1. The maximum Gasteiger partial charge on any atom is 0.187 e. The zero-order chi connectivity index (χ0) is 13.7. The topological polar surface area (TPSA) is 32.8 Å². The van der Waals surface area contributed by atoms with Gasteiger partial charge in [-0.05, 0) is 24.3 Å². The molecule has 2 rings (SSSR count). The Kier molecular flexibility index (Phi) is 4.58. The molecular formula is C15H20N2O2. The minimum absolute atomic E-state index is 0.0298. The molecule has 1 heterocycles. The summed E-state index contributed by atoms with van der Waals surface area (Å²) in [6.07, 6.45) is 3.35. The number of hydrogen-bond acceptors (Lipinski definition) is 4. The van der Waals surface area contributed by atoms with E-state index in [1.807, 2.05) is 43.3 Å². The Morgan fingerprint density at radius 1 is 1.21 bits per heavy atom. The van der Waals surface area contributed by atoms with Gasteiger partial charge in [0.15, 0.2) is 5.78 Å². The molecule has 0 N–H and O–H groups in total. The molecule has 0 spiro atoms. The SMILES string of the molecule is CN(C)/C=C/C(=O)c1ccc(N2CCOCC2)cc1. The van der Waals surface area contributed by atoms with Crippen LogP contribution in [0.1, 0.15) is 10.4 Å². The van der Waals surface area contributed by atoms with E-state index in [2.05, 4.69) is 4.90 Å². The average Bonchev–Trinajstić information content (AvgIpc) is 2.46. The Morgan fingerprint density at radius 2 is 1.84 bits per heavy atom. The van der Waals surface area contributed by atoms with Gasteiger partial charge >= 0.3 is 0 Å². The number of carbonyl (C=O) groups excluding carboxylic acids is 1. The van der Waals surface area contributed by atoms with Gasteiger partial charge in [-0.3, -0.25) is 4.79 Å². The molecule has 0 unspecified atom stereocenters. The monoisotopic (exact) mass is 260 g/mol. The molecule has 4 nitrogen and oxygen atoms in total. The molecule has 4 heteroatoms. The molecule has 0 saturated carbocycles. The number of ketones is 1. The normalized spacial score (nSPS) is 15.8. The van der Waals surface area contributed by atoms with Crippen LogP contribution in [0.3, 0.4) is 0 Å². The maximum absolute atomic E-state index is 11.9. The summed E-state index contributed by atoms with van der Waals surface area (Å²) < 4.78 is 5.33. The molecule has 19 heavy (non-hydrogen) atoms. The summed E-state index contributed by atoms with van der Waals surface area (Å²) in [5, 5.41) is 0. The van der Waals surface area contributed by atoms with Crippen LogP contribution in [0.5, 0.6) is 0 Å². The van der Waals surface area contributed by atoms with Crippen LogP contribution in [-0.4, -0.2) is 51.1 Å². The van der Waals surface area contributed by atoms with Crippen molar-refractivity contribution in [2.45, 2.75) is 0 Å². The highest BCUT2D eigenvalue weighted by atomic mass is 16.5. The van der Waals surface area contributed by atoms with E-state index in [1.165, 1.54) is 0 Å². The predicted molar refractivity (Wildman–Crippen MR) is 76.6 cm³/mol. The van der Waals surface area contributed by atoms with Gasteiger partial charge in [0.25, 0.3) is 0 Å². The van der Waals surface area contributed by atoms with E-state index in [-0.39, 0.29) is 5.78 Å². The van der Waals surface area contributed by atoms with Gasteiger partial charge in [0, 0.05) is 50.7 Å². The Morgan fingerprint density at radius 3 is 2.42 bits per heavy atom. The summed E-state index contributed by atoms with van der Waals surface area (Å²) in [4.78, 5) is 16.0. The van der Waals surface area contributed by atoms with Crippen molar-refractivity contribution in [2.24, 2.45) is 0 Å². The smallest absolute Gasteiger partial charge is 0.187 e. The standard InChI is InChI=1S/C15H20N2O2/c1-16(2)8-7-15(18)13-3-5-14(6-4-13)17-9-11-19-12-10-17/h3-8H,9-12H2,1-2H3/b8-7+. The third kappa shape index (κ3) is 3.83. The summed E-state index contributed by atoms with van der Waals surface area (Å²) in [6.45, 7) is 3.36. The minimum atomic E-state index is 0.0298. The molecule has 0 aromatic heterocycles. The third-order valence-corrected chi connectivity index (χ3v) is 3.05. The fourth-order valence-corrected chi connectivity index (χ4v) is 1.97. The van der Waals surface area contributed by atoms with Gasteiger partial charge in [-0.25, -0.2) is 0 Å². The molecule has 1 saturated heterocycles. The maximum atomic E-state index is 11.9. The molecule has 0 atom stereocenters. The first kappa shape index (κ1) is 13.6. The lowest BCUT2D eigenvalue weighted by atomic mass is 10.1. The fourth-order valence-electron chi connectivity index (χ4n) is 1.97. The van der Waals surface area contributed by atoms with Crippen LogP contribution in [0.2, 0.25) is 0 Å². The highest BCUT2D eigenvalue weighted by molar-refractivity contribution is 6.04. The van der Waals surface area contributed by atoms with Crippen LogP contribution in [0, 0.1) is 0 Å². The first-order chi connectivity index (χ1) is 9.16. The molecule has 1 aliphatic rings. The molecule has 1 aromatic rings. The number of anilines is 1. The zero-order valence-electron chi connectivity index (χ0n) is 11.5. The van der Waals surface area contributed by atoms with Crippen molar-refractivity contribution in [2.75, 3.05) is 45.3 Å². The lowest BCUT2D eigenvalue weighted by molar-refractivity contribution is 0.104. The van der Waals surface area contributed by atoms with E-state index < -0.39 is 0 Å². The average molecular weight is 260 g/mol. The van der Waals surface area contributed by atoms with Crippen molar-refractivity contribution in [1.82, 2.24) is 4.90 Å². The molecular weight excluding hydrogens is 240 g/mol. The second kappa shape index (κ2) is 6.38. The lowest BCUT2D eigenvalue weighted by Crippen LogP contribution is -2.36. The van der Waals surface area contributed by atoms with Crippen LogP contribution >= 0.6 is 0 Å². The summed E-state index contributed by atoms with van der Waals surface area (Å²) >= 11 is 0. The number of ether oxygens (including phenoxy) is 1. The highest BCUT2D eigenvalue weighted by Crippen LogP contribution is 2.17. The van der Waals surface area contributed by atoms with Crippen molar-refractivity contribution in [3.63, 3.8) is 0 Å². The van der Waals surface area contributed by atoms with Gasteiger partial charge in [0.05, 0.1) is 13.2 Å². The lowest BCUT2D eigenvalue weighted by Gasteiger charge is -2.28. The van der Waals surface area contributed by atoms with Crippen molar-refractivity contribution in [3.8, 4) is 0 Å². The first-order valence-corrected chi connectivity index (χ1v) is 6.48. The second-order valence-electron chi connectivity index (χ2n) is 4.79. The van der Waals surface area contributed by atoms with E-state index in [4.69, 9.17) is 4.74 Å². The van der Waals surface area contributed by atoms with E-state index in [9.17, 15) is 4.79 Å². The molecule has 0 amide bonds. The summed E-state index contributed by atoms with van der Waals surface area (Å²) in [5.74, 6) is 0.0298. The zero-order valence-corrected chi connectivity index (χ0v) is 11.5. The molecule has 0 bridgehead atoms. The fraction of sp³-hybridized carbons (Fsp3) is 0.400. The van der Waals surface area contributed by atoms with E-state index in [1.54, 1.807) is 12.3 Å². The van der Waals surface area contributed by atoms with Gasteiger partial charge in [-0.15, -0.1) is 0 Å². The van der Waals surface area contributed by atoms with E-state index in [0.717, 1.165) is 37.6 Å². The van der Waals surface area contributed by atoms with Crippen LogP contribution in [0.15, 0.2) is 36.5 Å². The third-order valence-electron chi connectivity index (χ3n) is 3.05. The predicted octanol–water partition coefficient (Wildman–Crippen LogP) is 1.78. The number of morpholine rings is 1. The Balaban J connectivity index is 2.03. The molecule has 1 aromatic carbocycles. The first-order valence-electron chi connectivity index (χ1n) is 6.48. The van der Waals surface area contributed by atoms with E-state index >= 15 is 0 Å². The number of hydrogen-bond donors (Lipinski definition) is 0. The van der Waals surface area contributed by atoms with Gasteiger partial charge in [0.1, 0.15) is 0 Å². The van der Waals surface area contributed by atoms with Crippen LogP contribution in [0.25, 0.3) is 0 Å². The summed E-state index contributed by atoms with van der Waals surface area (Å²) in [7, 11) is 3.79. The van der Waals surface area contributed by atoms with Gasteiger partial charge < -0.3 is 14.5 Å². The Hall–Kier alpha value is -1.81. The van der Waals surface area contributed by atoms with Gasteiger partial charge in [-0.2, -0.15) is 0 Å². The summed E-state index contributed by atoms with van der Waals surface area (Å²) in [6, 6.07) is 7.77. The summed E-state index contributed by atoms with van der Waals surface area (Å²) in [5.41, 5.74) is 1.87.